The number of anilines is 1. The molecule has 4 heteroatoms. The third kappa shape index (κ3) is 3.29. The van der Waals surface area contributed by atoms with Gasteiger partial charge in [0.1, 0.15) is 0 Å². The van der Waals surface area contributed by atoms with Crippen molar-refractivity contribution in [3.05, 3.63) is 36.7 Å². The van der Waals surface area contributed by atoms with Crippen LogP contribution in [0, 0.1) is 5.92 Å². The van der Waals surface area contributed by atoms with Crippen LogP contribution in [0.4, 0.5) is 5.69 Å². The third-order valence-corrected chi connectivity index (χ3v) is 3.09. The van der Waals surface area contributed by atoms with Gasteiger partial charge in [-0.25, -0.2) is 0 Å². The molecule has 19 heavy (non-hydrogen) atoms. The maximum absolute atomic E-state index is 12.1. The Bertz CT molecular complexity index is 563. The van der Waals surface area contributed by atoms with Crippen LogP contribution in [0.2, 0.25) is 0 Å². The third-order valence-electron chi connectivity index (χ3n) is 3.09. The predicted octanol–water partition coefficient (Wildman–Crippen LogP) is 2.42. The summed E-state index contributed by atoms with van der Waals surface area (Å²) < 4.78 is 0. The molecule has 0 aliphatic rings. The minimum absolute atomic E-state index is 0.0253. The Morgan fingerprint density at radius 1 is 1.37 bits per heavy atom. The molecule has 0 fully saturated rings. The molecule has 0 saturated carbocycles. The Morgan fingerprint density at radius 3 is 3.00 bits per heavy atom. The van der Waals surface area contributed by atoms with Gasteiger partial charge in [0.2, 0.25) is 5.91 Å². The van der Waals surface area contributed by atoms with Crippen LogP contribution in [0.15, 0.2) is 36.7 Å². The minimum Gasteiger partial charge on any atom is -0.325 e. The predicted molar refractivity (Wildman–Crippen MR) is 78.1 cm³/mol. The topological polar surface area (TPSA) is 54.0 Å². The van der Waals surface area contributed by atoms with Crippen LogP contribution >= 0.6 is 0 Å². The molecule has 1 amide bonds. The number of nitrogens with one attached hydrogen (secondary N) is 2. The molecule has 100 valence electrons. The molecule has 1 unspecified atom stereocenters. The summed E-state index contributed by atoms with van der Waals surface area (Å²) in [6, 6.07) is 7.79. The van der Waals surface area contributed by atoms with E-state index in [2.05, 4.69) is 15.6 Å². The normalized spacial score (nSPS) is 12.3. The van der Waals surface area contributed by atoms with E-state index in [0.29, 0.717) is 6.54 Å². The van der Waals surface area contributed by atoms with Gasteiger partial charge in [0.05, 0.1) is 5.69 Å². The van der Waals surface area contributed by atoms with Crippen LogP contribution in [-0.4, -0.2) is 24.0 Å². The molecule has 1 aromatic heterocycles. The van der Waals surface area contributed by atoms with Crippen molar-refractivity contribution in [2.45, 2.75) is 13.8 Å². The van der Waals surface area contributed by atoms with Gasteiger partial charge in [-0.1, -0.05) is 26.0 Å². The highest BCUT2D eigenvalue weighted by Gasteiger charge is 2.13. The number of fused-ring (bicyclic) bond motifs is 1. The summed E-state index contributed by atoms with van der Waals surface area (Å²) in [6.45, 7) is 5.50. The first-order valence-corrected chi connectivity index (χ1v) is 6.56. The van der Waals surface area contributed by atoms with Crippen molar-refractivity contribution < 1.29 is 4.79 Å². The Balaban J connectivity index is 2.15. The highest BCUT2D eigenvalue weighted by molar-refractivity contribution is 6.02. The van der Waals surface area contributed by atoms with Crippen molar-refractivity contribution >= 4 is 22.4 Å². The molecule has 1 aromatic carbocycles. The number of hydrogen-bond donors (Lipinski definition) is 2. The van der Waals surface area contributed by atoms with E-state index in [0.717, 1.165) is 23.0 Å². The number of nitrogens with zero attached hydrogens (tertiary/aromatic N) is 1. The zero-order valence-electron chi connectivity index (χ0n) is 11.3. The minimum atomic E-state index is -0.0631. The van der Waals surface area contributed by atoms with Gasteiger partial charge >= 0.3 is 0 Å². The molecule has 0 aliphatic heterocycles. The summed E-state index contributed by atoms with van der Waals surface area (Å²) in [5.41, 5.74) is 0.818. The Labute approximate surface area is 113 Å². The molecular weight excluding hydrogens is 238 g/mol. The highest BCUT2D eigenvalue weighted by atomic mass is 16.1. The van der Waals surface area contributed by atoms with Gasteiger partial charge in [-0.15, -0.1) is 0 Å². The number of amides is 1. The van der Waals surface area contributed by atoms with Gasteiger partial charge in [-0.2, -0.15) is 0 Å². The van der Waals surface area contributed by atoms with Crippen molar-refractivity contribution in [1.82, 2.24) is 10.3 Å². The lowest BCUT2D eigenvalue weighted by molar-refractivity contribution is -0.119. The second-order valence-corrected chi connectivity index (χ2v) is 4.60. The van der Waals surface area contributed by atoms with E-state index in [-0.39, 0.29) is 11.8 Å². The summed E-state index contributed by atoms with van der Waals surface area (Å²) >= 11 is 0. The van der Waals surface area contributed by atoms with Gasteiger partial charge in [-0.3, -0.25) is 9.78 Å². The van der Waals surface area contributed by atoms with Crippen molar-refractivity contribution in [3.8, 4) is 0 Å². The Morgan fingerprint density at radius 2 is 2.21 bits per heavy atom. The molecule has 0 saturated heterocycles. The molecule has 1 heterocycles. The highest BCUT2D eigenvalue weighted by Crippen LogP contribution is 2.22. The molecule has 2 N–H and O–H groups in total. The van der Waals surface area contributed by atoms with E-state index >= 15 is 0 Å². The van der Waals surface area contributed by atoms with E-state index in [1.807, 2.05) is 38.1 Å². The number of benzene rings is 1. The largest absolute Gasteiger partial charge is 0.325 e. The van der Waals surface area contributed by atoms with E-state index in [1.165, 1.54) is 0 Å². The number of carbonyl (C=O) groups excluding carboxylic acids is 1. The van der Waals surface area contributed by atoms with Crippen molar-refractivity contribution in [3.63, 3.8) is 0 Å². The van der Waals surface area contributed by atoms with Crippen LogP contribution in [0.25, 0.3) is 10.8 Å². The van der Waals surface area contributed by atoms with E-state index in [9.17, 15) is 4.79 Å². The van der Waals surface area contributed by atoms with Gasteiger partial charge in [0.25, 0.3) is 0 Å². The molecule has 0 aliphatic carbocycles. The summed E-state index contributed by atoms with van der Waals surface area (Å²) in [7, 11) is 0. The zero-order valence-corrected chi connectivity index (χ0v) is 11.3. The van der Waals surface area contributed by atoms with Gasteiger partial charge in [-0.05, 0) is 24.1 Å². The van der Waals surface area contributed by atoms with Crippen LogP contribution in [0.5, 0.6) is 0 Å². The molecule has 0 bridgehead atoms. The zero-order chi connectivity index (χ0) is 13.7. The van der Waals surface area contributed by atoms with Crippen molar-refractivity contribution in [2.24, 2.45) is 5.92 Å². The summed E-state index contributed by atoms with van der Waals surface area (Å²) in [5, 5.41) is 8.20. The molecule has 2 aromatic rings. The number of carbonyl (C=O) groups is 1. The van der Waals surface area contributed by atoms with E-state index in [4.69, 9.17) is 0 Å². The first kappa shape index (κ1) is 13.5. The Kier molecular flexibility index (Phi) is 4.47. The molecule has 0 spiro atoms. The van der Waals surface area contributed by atoms with Gasteiger partial charge in [0, 0.05) is 30.2 Å². The van der Waals surface area contributed by atoms with Crippen molar-refractivity contribution in [1.29, 1.82) is 0 Å². The maximum Gasteiger partial charge on any atom is 0.228 e. The van der Waals surface area contributed by atoms with Gasteiger partial charge < -0.3 is 10.6 Å². The standard InChI is InChI=1S/C15H19N3O/c1-3-16-9-11(2)15(19)18-14-6-4-5-12-7-8-17-10-13(12)14/h4-8,10-11,16H,3,9H2,1-2H3,(H,18,19). The molecule has 4 nitrogen and oxygen atoms in total. The lowest BCUT2D eigenvalue weighted by atomic mass is 10.1. The van der Waals surface area contributed by atoms with E-state index in [1.54, 1.807) is 12.4 Å². The average Bonchev–Trinajstić information content (AvgIpc) is 2.45. The molecule has 1 atom stereocenters. The first-order chi connectivity index (χ1) is 9.22. The number of pyridine rings is 1. The lowest BCUT2D eigenvalue weighted by Crippen LogP contribution is -2.30. The number of aromatic nitrogens is 1. The van der Waals surface area contributed by atoms with Crippen LogP contribution in [0.3, 0.4) is 0 Å². The fraction of sp³-hybridized carbons (Fsp3) is 0.333. The molecular formula is C15H19N3O. The average molecular weight is 257 g/mol. The molecule has 2 rings (SSSR count). The first-order valence-electron chi connectivity index (χ1n) is 6.56. The smallest absolute Gasteiger partial charge is 0.228 e. The lowest BCUT2D eigenvalue weighted by Gasteiger charge is -2.13. The van der Waals surface area contributed by atoms with Crippen LogP contribution in [0.1, 0.15) is 13.8 Å². The summed E-state index contributed by atoms with van der Waals surface area (Å²) in [6.07, 6.45) is 3.53. The Hall–Kier alpha value is -1.94. The number of rotatable bonds is 5. The van der Waals surface area contributed by atoms with Crippen LogP contribution < -0.4 is 10.6 Å². The second-order valence-electron chi connectivity index (χ2n) is 4.60. The summed E-state index contributed by atoms with van der Waals surface area (Å²) in [5.74, 6) is -0.0378. The van der Waals surface area contributed by atoms with Gasteiger partial charge in [0.15, 0.2) is 0 Å². The van der Waals surface area contributed by atoms with Crippen molar-refractivity contribution in [2.75, 3.05) is 18.4 Å². The monoisotopic (exact) mass is 257 g/mol. The maximum atomic E-state index is 12.1. The number of hydrogen-bond acceptors (Lipinski definition) is 3. The second kappa shape index (κ2) is 6.29. The van der Waals surface area contributed by atoms with E-state index < -0.39 is 0 Å². The SMILES string of the molecule is CCNCC(C)C(=O)Nc1cccc2ccncc12. The quantitative estimate of drug-likeness (QED) is 0.865. The molecule has 0 radical (unpaired) electrons. The van der Waals surface area contributed by atoms with Crippen LogP contribution in [-0.2, 0) is 4.79 Å². The summed E-state index contributed by atoms with van der Waals surface area (Å²) in [4.78, 5) is 16.2. The fourth-order valence-electron chi connectivity index (χ4n) is 1.93. The fourth-order valence-corrected chi connectivity index (χ4v) is 1.93.